The first-order valence-electron chi connectivity index (χ1n) is 10.4. The summed E-state index contributed by atoms with van der Waals surface area (Å²) in [6.45, 7) is 0.418. The molecule has 0 aliphatic heterocycles. The summed E-state index contributed by atoms with van der Waals surface area (Å²) in [5.74, 6) is -0.580. The molecule has 1 heterocycles. The SMILES string of the molecule is COC(=O)CCNC(c1cn[nH]c1)c1ccc(F)c(-c2ccc(-c3ccccc3)cc2)c1. The molecule has 0 saturated heterocycles. The Labute approximate surface area is 186 Å². The number of hydrogen-bond acceptors (Lipinski definition) is 4. The van der Waals surface area contributed by atoms with Crippen molar-refractivity contribution in [3.05, 3.63) is 102 Å². The Morgan fingerprint density at radius 2 is 1.72 bits per heavy atom. The van der Waals surface area contributed by atoms with E-state index in [1.54, 1.807) is 18.5 Å². The summed E-state index contributed by atoms with van der Waals surface area (Å²) in [6, 6.07) is 22.8. The fraction of sp³-hybridized carbons (Fsp3) is 0.154. The first kappa shape index (κ1) is 21.5. The summed E-state index contributed by atoms with van der Waals surface area (Å²) >= 11 is 0. The smallest absolute Gasteiger partial charge is 0.306 e. The second-order valence-electron chi connectivity index (χ2n) is 7.43. The van der Waals surface area contributed by atoms with Gasteiger partial charge >= 0.3 is 5.97 Å². The number of halogens is 1. The summed E-state index contributed by atoms with van der Waals surface area (Å²) in [7, 11) is 1.37. The molecule has 0 bridgehead atoms. The van der Waals surface area contributed by atoms with Crippen molar-refractivity contribution >= 4 is 5.97 Å². The van der Waals surface area contributed by atoms with E-state index in [1.807, 2.05) is 60.7 Å². The zero-order valence-corrected chi connectivity index (χ0v) is 17.7. The van der Waals surface area contributed by atoms with Gasteiger partial charge in [-0.25, -0.2) is 4.39 Å². The minimum atomic E-state index is -0.290. The Hall–Kier alpha value is -3.77. The molecule has 6 heteroatoms. The predicted molar refractivity (Wildman–Crippen MR) is 122 cm³/mol. The summed E-state index contributed by atoms with van der Waals surface area (Å²) in [5.41, 5.74) is 5.27. The largest absolute Gasteiger partial charge is 0.469 e. The van der Waals surface area contributed by atoms with Crippen LogP contribution in [0.1, 0.15) is 23.6 Å². The maximum absolute atomic E-state index is 14.8. The van der Waals surface area contributed by atoms with Gasteiger partial charge in [0.15, 0.2) is 0 Å². The van der Waals surface area contributed by atoms with E-state index in [-0.39, 0.29) is 24.2 Å². The molecule has 0 aliphatic rings. The van der Waals surface area contributed by atoms with Crippen molar-refractivity contribution < 1.29 is 13.9 Å². The van der Waals surface area contributed by atoms with Crippen molar-refractivity contribution in [3.8, 4) is 22.3 Å². The van der Waals surface area contributed by atoms with E-state index in [4.69, 9.17) is 4.74 Å². The molecule has 1 unspecified atom stereocenters. The number of aromatic amines is 1. The Morgan fingerprint density at radius 1 is 1.00 bits per heavy atom. The fourth-order valence-corrected chi connectivity index (χ4v) is 3.68. The molecular formula is C26H24FN3O2. The lowest BCUT2D eigenvalue weighted by molar-refractivity contribution is -0.140. The molecule has 0 fully saturated rings. The third kappa shape index (κ3) is 4.92. The van der Waals surface area contributed by atoms with Crippen molar-refractivity contribution in [1.82, 2.24) is 15.5 Å². The van der Waals surface area contributed by atoms with Crippen molar-refractivity contribution in [2.45, 2.75) is 12.5 Å². The molecule has 0 aliphatic carbocycles. The molecule has 162 valence electrons. The maximum Gasteiger partial charge on any atom is 0.306 e. The Balaban J connectivity index is 1.62. The average Bonchev–Trinajstić information content (AvgIpc) is 3.37. The molecule has 0 amide bonds. The number of rotatable bonds is 8. The van der Waals surface area contributed by atoms with Gasteiger partial charge in [0.25, 0.3) is 0 Å². The second-order valence-corrected chi connectivity index (χ2v) is 7.43. The zero-order chi connectivity index (χ0) is 22.3. The number of benzene rings is 3. The number of carbonyl (C=O) groups excluding carboxylic acids is 1. The summed E-state index contributed by atoms with van der Waals surface area (Å²) in [4.78, 5) is 11.5. The quantitative estimate of drug-likeness (QED) is 0.381. The van der Waals surface area contributed by atoms with Crippen molar-refractivity contribution in [1.29, 1.82) is 0 Å². The number of ether oxygens (including phenoxy) is 1. The number of aromatic nitrogens is 2. The molecule has 4 rings (SSSR count). The Morgan fingerprint density at radius 3 is 2.41 bits per heavy atom. The minimum absolute atomic E-state index is 0.236. The molecular weight excluding hydrogens is 405 g/mol. The summed E-state index contributed by atoms with van der Waals surface area (Å²) < 4.78 is 19.5. The highest BCUT2D eigenvalue weighted by atomic mass is 19.1. The summed E-state index contributed by atoms with van der Waals surface area (Å²) in [5, 5.41) is 10.2. The van der Waals surface area contributed by atoms with Gasteiger partial charge in [0, 0.05) is 23.9 Å². The fourth-order valence-electron chi connectivity index (χ4n) is 3.68. The highest BCUT2D eigenvalue weighted by molar-refractivity contribution is 5.71. The number of H-pyrrole nitrogens is 1. The van der Waals surface area contributed by atoms with E-state index in [9.17, 15) is 9.18 Å². The lowest BCUT2D eigenvalue weighted by Gasteiger charge is -2.19. The number of nitrogens with zero attached hydrogens (tertiary/aromatic N) is 1. The van der Waals surface area contributed by atoms with E-state index >= 15 is 0 Å². The topological polar surface area (TPSA) is 67.0 Å². The molecule has 0 radical (unpaired) electrons. The van der Waals surface area contributed by atoms with Gasteiger partial charge in [-0.2, -0.15) is 5.10 Å². The number of nitrogens with one attached hydrogen (secondary N) is 2. The standard InChI is InChI=1S/C26H24FN3O2/c1-32-25(31)13-14-28-26(22-16-29-30-17-22)21-11-12-24(27)23(15-21)20-9-7-19(8-10-20)18-5-3-2-4-6-18/h2-12,15-17,26,28H,13-14H2,1H3,(H,29,30). The Kier molecular flexibility index (Phi) is 6.72. The average molecular weight is 429 g/mol. The maximum atomic E-state index is 14.8. The van der Waals surface area contributed by atoms with E-state index in [1.165, 1.54) is 13.2 Å². The normalized spacial score (nSPS) is 11.8. The van der Waals surface area contributed by atoms with Gasteiger partial charge in [0.05, 0.1) is 25.8 Å². The van der Waals surface area contributed by atoms with Crippen molar-refractivity contribution in [3.63, 3.8) is 0 Å². The van der Waals surface area contributed by atoms with Crippen LogP contribution in [-0.2, 0) is 9.53 Å². The van der Waals surface area contributed by atoms with Gasteiger partial charge in [0.1, 0.15) is 5.82 Å². The molecule has 0 spiro atoms. The van der Waals surface area contributed by atoms with Gasteiger partial charge in [0.2, 0.25) is 0 Å². The van der Waals surface area contributed by atoms with Crippen molar-refractivity contribution in [2.75, 3.05) is 13.7 Å². The minimum Gasteiger partial charge on any atom is -0.469 e. The molecule has 32 heavy (non-hydrogen) atoms. The van der Waals surface area contributed by atoms with Crippen LogP contribution < -0.4 is 5.32 Å². The molecule has 5 nitrogen and oxygen atoms in total. The van der Waals surface area contributed by atoms with Crippen LogP contribution in [0.5, 0.6) is 0 Å². The van der Waals surface area contributed by atoms with Gasteiger partial charge in [-0.3, -0.25) is 9.89 Å². The van der Waals surface area contributed by atoms with Crippen LogP contribution in [0.4, 0.5) is 4.39 Å². The van der Waals surface area contributed by atoms with Crippen LogP contribution in [0.2, 0.25) is 0 Å². The molecule has 1 aromatic heterocycles. The molecule has 1 atom stereocenters. The van der Waals surface area contributed by atoms with E-state index in [0.29, 0.717) is 12.1 Å². The molecule has 4 aromatic rings. The van der Waals surface area contributed by atoms with Crippen LogP contribution in [0, 0.1) is 5.82 Å². The first-order chi connectivity index (χ1) is 15.7. The highest BCUT2D eigenvalue weighted by Gasteiger charge is 2.18. The van der Waals surface area contributed by atoms with Gasteiger partial charge in [-0.15, -0.1) is 0 Å². The number of hydrogen-bond donors (Lipinski definition) is 2. The monoisotopic (exact) mass is 429 g/mol. The number of methoxy groups -OCH3 is 1. The van der Waals surface area contributed by atoms with Crippen LogP contribution in [0.15, 0.2) is 85.2 Å². The van der Waals surface area contributed by atoms with Crippen LogP contribution in [-0.4, -0.2) is 29.8 Å². The van der Waals surface area contributed by atoms with E-state index in [2.05, 4.69) is 15.5 Å². The first-order valence-corrected chi connectivity index (χ1v) is 10.4. The van der Waals surface area contributed by atoms with Gasteiger partial charge in [-0.05, 0) is 34.4 Å². The van der Waals surface area contributed by atoms with Crippen molar-refractivity contribution in [2.24, 2.45) is 0 Å². The summed E-state index contributed by atoms with van der Waals surface area (Å²) in [6.07, 6.45) is 3.74. The number of esters is 1. The van der Waals surface area contributed by atoms with Gasteiger partial charge in [-0.1, -0.05) is 60.7 Å². The van der Waals surface area contributed by atoms with Crippen LogP contribution in [0.3, 0.4) is 0 Å². The van der Waals surface area contributed by atoms with Crippen LogP contribution >= 0.6 is 0 Å². The van der Waals surface area contributed by atoms with E-state index in [0.717, 1.165) is 27.8 Å². The highest BCUT2D eigenvalue weighted by Crippen LogP contribution is 2.30. The zero-order valence-electron chi connectivity index (χ0n) is 17.7. The third-order valence-corrected chi connectivity index (χ3v) is 5.38. The second kappa shape index (κ2) is 10.0. The molecule has 3 aromatic carbocycles. The molecule has 0 saturated carbocycles. The third-order valence-electron chi connectivity index (χ3n) is 5.38. The molecule has 2 N–H and O–H groups in total. The van der Waals surface area contributed by atoms with E-state index < -0.39 is 0 Å². The predicted octanol–water partition coefficient (Wildman–Crippen LogP) is 5.12. The lowest BCUT2D eigenvalue weighted by Crippen LogP contribution is -2.25. The van der Waals surface area contributed by atoms with Gasteiger partial charge < -0.3 is 10.1 Å². The van der Waals surface area contributed by atoms with Crippen LogP contribution in [0.25, 0.3) is 22.3 Å². The number of carbonyl (C=O) groups is 1. The lowest BCUT2D eigenvalue weighted by atomic mass is 9.95. The Bertz CT molecular complexity index is 1160.